The highest BCUT2D eigenvalue weighted by molar-refractivity contribution is 5.52. The van der Waals surface area contributed by atoms with Gasteiger partial charge in [-0.25, -0.2) is 0 Å². The molecule has 3 rings (SSSR count). The lowest BCUT2D eigenvalue weighted by Crippen LogP contribution is -2.46. The Kier molecular flexibility index (Phi) is 3.91. The second kappa shape index (κ2) is 6.00. The molecule has 0 atom stereocenters. The molecule has 2 heteroatoms. The molecular weight excluding hydrogens is 244 g/mol. The van der Waals surface area contributed by atoms with Crippen LogP contribution in [0.25, 0.3) is 0 Å². The van der Waals surface area contributed by atoms with Gasteiger partial charge >= 0.3 is 0 Å². The first-order valence-electron chi connectivity index (χ1n) is 7.50. The molecule has 0 spiro atoms. The molecule has 0 N–H and O–H groups in total. The average Bonchev–Trinajstić information content (AvgIpc) is 2.56. The van der Waals surface area contributed by atoms with Gasteiger partial charge in [-0.2, -0.15) is 0 Å². The van der Waals surface area contributed by atoms with Gasteiger partial charge in [0.2, 0.25) is 0 Å². The first-order chi connectivity index (χ1) is 9.86. The second-order valence-electron chi connectivity index (χ2n) is 5.33. The maximum atomic E-state index is 2.48. The Labute approximate surface area is 121 Å². The van der Waals surface area contributed by atoms with Gasteiger partial charge in [0.15, 0.2) is 0 Å². The van der Waals surface area contributed by atoms with Crippen LogP contribution in [0, 0.1) is 0 Å². The van der Waals surface area contributed by atoms with Crippen molar-refractivity contribution < 1.29 is 0 Å². The summed E-state index contributed by atoms with van der Waals surface area (Å²) in [7, 11) is 0. The molecule has 104 valence electrons. The van der Waals surface area contributed by atoms with Gasteiger partial charge in [0, 0.05) is 37.6 Å². The number of hydrogen-bond acceptors (Lipinski definition) is 2. The van der Waals surface area contributed by atoms with Crippen molar-refractivity contribution in [3.05, 3.63) is 60.2 Å². The van der Waals surface area contributed by atoms with Crippen LogP contribution in [0.1, 0.15) is 12.5 Å². The second-order valence-corrected chi connectivity index (χ2v) is 5.33. The van der Waals surface area contributed by atoms with Crippen LogP contribution in [0.15, 0.2) is 54.6 Å². The van der Waals surface area contributed by atoms with Gasteiger partial charge in [-0.05, 0) is 36.2 Å². The van der Waals surface area contributed by atoms with Crippen LogP contribution in [0.5, 0.6) is 0 Å². The Hall–Kier alpha value is -1.96. The first kappa shape index (κ1) is 13.0. The number of aryl methyl sites for hydroxylation is 1. The van der Waals surface area contributed by atoms with E-state index in [1.165, 1.54) is 16.9 Å². The molecular formula is C18H22N2. The zero-order chi connectivity index (χ0) is 13.8. The van der Waals surface area contributed by atoms with Crippen molar-refractivity contribution in [1.82, 2.24) is 0 Å². The highest BCUT2D eigenvalue weighted by Gasteiger charge is 2.17. The van der Waals surface area contributed by atoms with E-state index < -0.39 is 0 Å². The zero-order valence-corrected chi connectivity index (χ0v) is 12.1. The Morgan fingerprint density at radius 1 is 0.700 bits per heavy atom. The molecule has 0 radical (unpaired) electrons. The number of piperazine rings is 1. The minimum atomic E-state index is 1.10. The predicted molar refractivity (Wildman–Crippen MR) is 86.7 cm³/mol. The number of rotatable bonds is 3. The van der Waals surface area contributed by atoms with Crippen LogP contribution in [0.3, 0.4) is 0 Å². The summed E-state index contributed by atoms with van der Waals surface area (Å²) >= 11 is 0. The van der Waals surface area contributed by atoms with E-state index in [0.717, 1.165) is 32.6 Å². The van der Waals surface area contributed by atoms with Crippen molar-refractivity contribution >= 4 is 11.4 Å². The Morgan fingerprint density at radius 3 is 1.70 bits per heavy atom. The molecule has 1 aliphatic rings. The molecule has 1 fully saturated rings. The summed E-state index contributed by atoms with van der Waals surface area (Å²) in [4.78, 5) is 4.95. The van der Waals surface area contributed by atoms with Gasteiger partial charge in [0.1, 0.15) is 0 Å². The molecule has 2 nitrogen and oxygen atoms in total. The molecule has 1 heterocycles. The van der Waals surface area contributed by atoms with Crippen LogP contribution < -0.4 is 9.80 Å². The van der Waals surface area contributed by atoms with Crippen molar-refractivity contribution in [3.63, 3.8) is 0 Å². The number of anilines is 2. The fourth-order valence-electron chi connectivity index (χ4n) is 2.80. The third-order valence-electron chi connectivity index (χ3n) is 4.11. The molecule has 0 aliphatic carbocycles. The van der Waals surface area contributed by atoms with Gasteiger partial charge < -0.3 is 9.80 Å². The summed E-state index contributed by atoms with van der Waals surface area (Å²) < 4.78 is 0. The summed E-state index contributed by atoms with van der Waals surface area (Å²) in [5.74, 6) is 0. The lowest BCUT2D eigenvalue weighted by molar-refractivity contribution is 0.653. The number of hydrogen-bond donors (Lipinski definition) is 0. The summed E-state index contributed by atoms with van der Waals surface area (Å²) in [6, 6.07) is 19.7. The quantitative estimate of drug-likeness (QED) is 0.838. The molecule has 0 saturated carbocycles. The van der Waals surface area contributed by atoms with E-state index in [1.54, 1.807) is 0 Å². The van der Waals surface area contributed by atoms with E-state index in [-0.39, 0.29) is 0 Å². The van der Waals surface area contributed by atoms with Gasteiger partial charge in [-0.15, -0.1) is 0 Å². The van der Waals surface area contributed by atoms with Gasteiger partial charge in [-0.3, -0.25) is 0 Å². The summed E-state index contributed by atoms with van der Waals surface area (Å²) in [5, 5.41) is 0. The summed E-state index contributed by atoms with van der Waals surface area (Å²) in [6.45, 7) is 6.59. The van der Waals surface area contributed by atoms with Crippen LogP contribution >= 0.6 is 0 Å². The topological polar surface area (TPSA) is 6.48 Å². The third-order valence-corrected chi connectivity index (χ3v) is 4.11. The normalized spacial score (nSPS) is 15.4. The van der Waals surface area contributed by atoms with Crippen molar-refractivity contribution in [2.75, 3.05) is 36.0 Å². The molecule has 2 aromatic carbocycles. The zero-order valence-electron chi connectivity index (χ0n) is 12.1. The highest BCUT2D eigenvalue weighted by Crippen LogP contribution is 2.20. The fourth-order valence-corrected chi connectivity index (χ4v) is 2.80. The molecule has 0 bridgehead atoms. The third kappa shape index (κ3) is 2.79. The molecule has 0 unspecified atom stereocenters. The Bertz CT molecular complexity index is 525. The lowest BCUT2D eigenvalue weighted by atomic mass is 10.1. The van der Waals surface area contributed by atoms with Crippen LogP contribution in [0.4, 0.5) is 11.4 Å². The van der Waals surface area contributed by atoms with E-state index in [1.807, 2.05) is 0 Å². The minimum Gasteiger partial charge on any atom is -0.368 e. The van der Waals surface area contributed by atoms with Crippen LogP contribution in [-0.4, -0.2) is 26.2 Å². The van der Waals surface area contributed by atoms with E-state index >= 15 is 0 Å². The molecule has 0 amide bonds. The summed E-state index contributed by atoms with van der Waals surface area (Å²) in [5.41, 5.74) is 4.11. The smallest absolute Gasteiger partial charge is 0.0367 e. The monoisotopic (exact) mass is 266 g/mol. The lowest BCUT2D eigenvalue weighted by Gasteiger charge is -2.37. The maximum Gasteiger partial charge on any atom is 0.0367 e. The molecule has 0 aromatic heterocycles. The molecule has 1 aliphatic heterocycles. The Morgan fingerprint density at radius 2 is 1.20 bits per heavy atom. The van der Waals surface area contributed by atoms with Crippen molar-refractivity contribution in [2.24, 2.45) is 0 Å². The average molecular weight is 266 g/mol. The SMILES string of the molecule is CCc1ccc(N2CCN(c3ccccc3)CC2)cc1. The van der Waals surface area contributed by atoms with Crippen molar-refractivity contribution in [2.45, 2.75) is 13.3 Å². The van der Waals surface area contributed by atoms with Gasteiger partial charge in [0.05, 0.1) is 0 Å². The van der Waals surface area contributed by atoms with Crippen molar-refractivity contribution in [1.29, 1.82) is 0 Å². The standard InChI is InChI=1S/C18H22N2/c1-2-16-8-10-18(11-9-16)20-14-12-19(13-15-20)17-6-4-3-5-7-17/h3-11H,2,12-15H2,1H3. The van der Waals surface area contributed by atoms with Gasteiger partial charge in [0.25, 0.3) is 0 Å². The number of nitrogens with zero attached hydrogens (tertiary/aromatic N) is 2. The number of para-hydroxylation sites is 1. The molecule has 2 aromatic rings. The van der Waals surface area contributed by atoms with E-state index in [9.17, 15) is 0 Å². The predicted octanol–water partition coefficient (Wildman–Crippen LogP) is 3.58. The van der Waals surface area contributed by atoms with Gasteiger partial charge in [-0.1, -0.05) is 37.3 Å². The first-order valence-corrected chi connectivity index (χ1v) is 7.50. The van der Waals surface area contributed by atoms with E-state index in [4.69, 9.17) is 0 Å². The largest absolute Gasteiger partial charge is 0.368 e. The maximum absolute atomic E-state index is 2.48. The number of benzene rings is 2. The molecule has 1 saturated heterocycles. The van der Waals surface area contributed by atoms with Crippen LogP contribution in [-0.2, 0) is 6.42 Å². The summed E-state index contributed by atoms with van der Waals surface area (Å²) in [6.07, 6.45) is 1.11. The van der Waals surface area contributed by atoms with E-state index in [0.29, 0.717) is 0 Å². The highest BCUT2D eigenvalue weighted by atomic mass is 15.3. The minimum absolute atomic E-state index is 1.10. The van der Waals surface area contributed by atoms with Crippen molar-refractivity contribution in [3.8, 4) is 0 Å². The molecule has 20 heavy (non-hydrogen) atoms. The Balaban J connectivity index is 1.63. The van der Waals surface area contributed by atoms with Crippen LogP contribution in [0.2, 0.25) is 0 Å². The van der Waals surface area contributed by atoms with E-state index in [2.05, 4.69) is 71.3 Å². The fraction of sp³-hybridized carbons (Fsp3) is 0.333.